The van der Waals surface area contributed by atoms with Crippen LogP contribution >= 0.6 is 15.9 Å². The molecule has 1 amide bonds. The van der Waals surface area contributed by atoms with Gasteiger partial charge in [0.15, 0.2) is 0 Å². The third-order valence-electron chi connectivity index (χ3n) is 2.66. The molecular formula is C14H15BrN4O. The van der Waals surface area contributed by atoms with Gasteiger partial charge in [-0.3, -0.25) is 4.79 Å². The van der Waals surface area contributed by atoms with Crippen molar-refractivity contribution in [3.63, 3.8) is 0 Å². The van der Waals surface area contributed by atoms with Gasteiger partial charge in [0.1, 0.15) is 11.6 Å². The highest BCUT2D eigenvalue weighted by Crippen LogP contribution is 2.18. The van der Waals surface area contributed by atoms with Crippen molar-refractivity contribution < 1.29 is 4.79 Å². The number of rotatable bonds is 4. The molecule has 0 atom stereocenters. The molecule has 20 heavy (non-hydrogen) atoms. The van der Waals surface area contributed by atoms with Crippen LogP contribution in [0.15, 0.2) is 34.9 Å². The molecule has 2 rings (SSSR count). The normalized spacial score (nSPS) is 10.2. The molecule has 0 aliphatic carbocycles. The Bertz CT molecular complexity index is 630. The van der Waals surface area contributed by atoms with Gasteiger partial charge in [0.25, 0.3) is 5.91 Å². The van der Waals surface area contributed by atoms with Crippen LogP contribution < -0.4 is 10.6 Å². The second-order valence-electron chi connectivity index (χ2n) is 4.15. The minimum Gasteiger partial charge on any atom is -0.370 e. The summed E-state index contributed by atoms with van der Waals surface area (Å²) in [6.45, 7) is 4.52. The highest BCUT2D eigenvalue weighted by Gasteiger charge is 2.12. The molecule has 0 spiro atoms. The summed E-state index contributed by atoms with van der Waals surface area (Å²) in [5.41, 5.74) is 1.32. The Morgan fingerprint density at radius 1 is 1.35 bits per heavy atom. The third kappa shape index (κ3) is 3.33. The summed E-state index contributed by atoms with van der Waals surface area (Å²) in [6.07, 6.45) is 1.65. The molecule has 0 aliphatic rings. The average Bonchev–Trinajstić information content (AvgIpc) is 2.44. The number of nitrogens with zero attached hydrogens (tertiary/aromatic N) is 2. The number of pyridine rings is 2. The van der Waals surface area contributed by atoms with Crippen LogP contribution in [0.4, 0.5) is 11.6 Å². The Hall–Kier alpha value is -1.95. The minimum atomic E-state index is -0.233. The van der Waals surface area contributed by atoms with Crippen molar-refractivity contribution in [2.45, 2.75) is 13.8 Å². The highest BCUT2D eigenvalue weighted by atomic mass is 79.9. The van der Waals surface area contributed by atoms with Gasteiger partial charge >= 0.3 is 0 Å². The second-order valence-corrected chi connectivity index (χ2v) is 5.00. The monoisotopic (exact) mass is 334 g/mol. The molecule has 2 aromatic rings. The summed E-state index contributed by atoms with van der Waals surface area (Å²) in [7, 11) is 0. The predicted molar refractivity (Wildman–Crippen MR) is 83.0 cm³/mol. The first kappa shape index (κ1) is 14.5. The molecule has 0 fully saturated rings. The summed E-state index contributed by atoms with van der Waals surface area (Å²) < 4.78 is 0.908. The van der Waals surface area contributed by atoms with Gasteiger partial charge in [0.2, 0.25) is 0 Å². The lowest BCUT2D eigenvalue weighted by molar-refractivity contribution is 0.102. The van der Waals surface area contributed by atoms with Crippen LogP contribution in [0.25, 0.3) is 0 Å². The van der Waals surface area contributed by atoms with E-state index < -0.39 is 0 Å². The largest absolute Gasteiger partial charge is 0.370 e. The zero-order valence-electron chi connectivity index (χ0n) is 11.3. The number of anilines is 2. The topological polar surface area (TPSA) is 66.9 Å². The number of halogens is 1. The van der Waals surface area contributed by atoms with E-state index in [0.717, 1.165) is 10.2 Å². The zero-order valence-corrected chi connectivity index (χ0v) is 12.9. The Kier molecular flexibility index (Phi) is 4.68. The smallest absolute Gasteiger partial charge is 0.260 e. The quantitative estimate of drug-likeness (QED) is 0.900. The molecule has 0 saturated heterocycles. The summed E-state index contributed by atoms with van der Waals surface area (Å²) in [4.78, 5) is 20.7. The van der Waals surface area contributed by atoms with Gasteiger partial charge in [0.05, 0.1) is 11.3 Å². The fourth-order valence-corrected chi connectivity index (χ4v) is 1.91. The molecule has 2 heterocycles. The fraction of sp³-hybridized carbons (Fsp3) is 0.214. The van der Waals surface area contributed by atoms with E-state index in [1.54, 1.807) is 24.4 Å². The van der Waals surface area contributed by atoms with Crippen LogP contribution in [0, 0.1) is 6.92 Å². The molecule has 0 radical (unpaired) electrons. The molecule has 0 bridgehead atoms. The maximum absolute atomic E-state index is 12.3. The van der Waals surface area contributed by atoms with E-state index in [2.05, 4.69) is 36.5 Å². The van der Waals surface area contributed by atoms with Gasteiger partial charge in [-0.1, -0.05) is 0 Å². The Labute approximate surface area is 126 Å². The zero-order chi connectivity index (χ0) is 14.5. The maximum Gasteiger partial charge on any atom is 0.260 e. The van der Waals surface area contributed by atoms with Crippen LogP contribution in [0.2, 0.25) is 0 Å². The standard InChI is InChI=1S/C14H15BrN4O/c1-3-16-13-10(5-4-8-17-13)14(20)19-12-7-6-11(15)9(2)18-12/h4-8H,3H2,1-2H3,(H,16,17)(H,18,19,20). The molecule has 6 heteroatoms. The minimum absolute atomic E-state index is 0.233. The summed E-state index contributed by atoms with van der Waals surface area (Å²) in [5.74, 6) is 0.853. The van der Waals surface area contributed by atoms with Crippen molar-refractivity contribution >= 4 is 33.5 Å². The first-order chi connectivity index (χ1) is 9.61. The van der Waals surface area contributed by atoms with E-state index in [1.165, 1.54) is 0 Å². The molecule has 0 aromatic carbocycles. The number of carbonyl (C=O) groups excluding carboxylic acids is 1. The van der Waals surface area contributed by atoms with Crippen LogP contribution in [0.3, 0.4) is 0 Å². The lowest BCUT2D eigenvalue weighted by Gasteiger charge is -2.10. The van der Waals surface area contributed by atoms with E-state index in [-0.39, 0.29) is 5.91 Å². The van der Waals surface area contributed by atoms with Crippen LogP contribution in [-0.4, -0.2) is 22.4 Å². The maximum atomic E-state index is 12.3. The SMILES string of the molecule is CCNc1ncccc1C(=O)Nc1ccc(Br)c(C)n1. The summed E-state index contributed by atoms with van der Waals surface area (Å²) in [6, 6.07) is 7.06. The molecule has 104 valence electrons. The van der Waals surface area contributed by atoms with Crippen molar-refractivity contribution in [2.24, 2.45) is 0 Å². The number of hydrogen-bond acceptors (Lipinski definition) is 4. The molecule has 0 aliphatic heterocycles. The van der Waals surface area contributed by atoms with E-state index in [1.807, 2.05) is 19.9 Å². The van der Waals surface area contributed by atoms with Gasteiger partial charge in [-0.2, -0.15) is 0 Å². The Morgan fingerprint density at radius 2 is 2.15 bits per heavy atom. The van der Waals surface area contributed by atoms with Crippen LogP contribution in [0.5, 0.6) is 0 Å². The van der Waals surface area contributed by atoms with Gasteiger partial charge in [-0.05, 0) is 54.0 Å². The van der Waals surface area contributed by atoms with Crippen molar-refractivity contribution in [3.05, 3.63) is 46.2 Å². The Morgan fingerprint density at radius 3 is 2.85 bits per heavy atom. The van der Waals surface area contributed by atoms with E-state index in [4.69, 9.17) is 0 Å². The first-order valence-corrected chi connectivity index (χ1v) is 7.04. The molecule has 0 unspecified atom stereocenters. The molecule has 2 N–H and O–H groups in total. The van der Waals surface area contributed by atoms with E-state index in [0.29, 0.717) is 23.7 Å². The Balaban J connectivity index is 2.21. The van der Waals surface area contributed by atoms with Gasteiger partial charge in [0, 0.05) is 17.2 Å². The van der Waals surface area contributed by atoms with E-state index in [9.17, 15) is 4.79 Å². The lowest BCUT2D eigenvalue weighted by atomic mass is 10.2. The third-order valence-corrected chi connectivity index (χ3v) is 3.50. The average molecular weight is 335 g/mol. The van der Waals surface area contributed by atoms with Gasteiger partial charge < -0.3 is 10.6 Å². The fourth-order valence-electron chi connectivity index (χ4n) is 1.69. The molecule has 5 nitrogen and oxygen atoms in total. The molecule has 2 aromatic heterocycles. The van der Waals surface area contributed by atoms with Crippen molar-refractivity contribution in [1.29, 1.82) is 0 Å². The van der Waals surface area contributed by atoms with Crippen molar-refractivity contribution in [2.75, 3.05) is 17.2 Å². The number of amides is 1. The number of nitrogens with one attached hydrogen (secondary N) is 2. The van der Waals surface area contributed by atoms with Crippen LogP contribution in [0.1, 0.15) is 23.0 Å². The number of aromatic nitrogens is 2. The molecular weight excluding hydrogens is 320 g/mol. The number of hydrogen-bond donors (Lipinski definition) is 2. The van der Waals surface area contributed by atoms with E-state index >= 15 is 0 Å². The number of aryl methyl sites for hydroxylation is 1. The summed E-state index contributed by atoms with van der Waals surface area (Å²) in [5, 5.41) is 5.84. The molecule has 0 saturated carbocycles. The summed E-state index contributed by atoms with van der Waals surface area (Å²) >= 11 is 3.38. The van der Waals surface area contributed by atoms with Crippen LogP contribution in [-0.2, 0) is 0 Å². The number of carbonyl (C=O) groups is 1. The predicted octanol–water partition coefficient (Wildman–Crippen LogP) is 3.23. The highest BCUT2D eigenvalue weighted by molar-refractivity contribution is 9.10. The second kappa shape index (κ2) is 6.47. The lowest BCUT2D eigenvalue weighted by Crippen LogP contribution is -2.16. The first-order valence-electron chi connectivity index (χ1n) is 6.25. The van der Waals surface area contributed by atoms with Crippen molar-refractivity contribution in [1.82, 2.24) is 9.97 Å². The van der Waals surface area contributed by atoms with Gasteiger partial charge in [-0.15, -0.1) is 0 Å². The van der Waals surface area contributed by atoms with Crippen molar-refractivity contribution in [3.8, 4) is 0 Å². The van der Waals surface area contributed by atoms with Gasteiger partial charge in [-0.25, -0.2) is 9.97 Å².